The fourth-order valence-electron chi connectivity index (χ4n) is 3.86. The van der Waals surface area contributed by atoms with Crippen LogP contribution in [0.4, 0.5) is 5.69 Å². The molecule has 1 saturated carbocycles. The molecule has 0 bridgehead atoms. The molecule has 172 valence electrons. The lowest BCUT2D eigenvalue weighted by Crippen LogP contribution is -2.41. The van der Waals surface area contributed by atoms with Gasteiger partial charge in [-0.1, -0.05) is 60.1 Å². The third kappa shape index (κ3) is 7.27. The van der Waals surface area contributed by atoms with Gasteiger partial charge in [-0.25, -0.2) is 4.79 Å². The summed E-state index contributed by atoms with van der Waals surface area (Å²) < 4.78 is 5.19. The quantitative estimate of drug-likeness (QED) is 0.450. The SMILES string of the molecule is O=C(O)COc1ccc(CN(CC(=O)Nc2ccc(Cl)cc2Cl)C2CCCCC2)cc1Cl. The Balaban J connectivity index is 1.70. The number of carbonyl (C=O) groups is 2. The maximum atomic E-state index is 12.8. The molecule has 3 rings (SSSR count). The van der Waals surface area contributed by atoms with Gasteiger partial charge >= 0.3 is 5.97 Å². The third-order valence-corrected chi connectivity index (χ3v) is 6.22. The highest BCUT2D eigenvalue weighted by Crippen LogP contribution is 2.29. The maximum Gasteiger partial charge on any atom is 0.341 e. The van der Waals surface area contributed by atoms with Gasteiger partial charge in [-0.15, -0.1) is 0 Å². The molecular weight excluding hydrogens is 475 g/mol. The standard InChI is InChI=1S/C23H25Cl3N2O4/c24-16-7-8-20(18(25)11-16)27-22(29)13-28(17-4-2-1-3-5-17)12-15-6-9-21(19(26)10-15)32-14-23(30)31/h6-11,17H,1-5,12-14H2,(H,27,29)(H,30,31). The highest BCUT2D eigenvalue weighted by Gasteiger charge is 2.24. The average Bonchev–Trinajstić information content (AvgIpc) is 2.75. The molecule has 0 saturated heterocycles. The Morgan fingerprint density at radius 2 is 1.78 bits per heavy atom. The molecule has 0 radical (unpaired) electrons. The van der Waals surface area contributed by atoms with Crippen molar-refractivity contribution >= 4 is 52.4 Å². The Kier molecular flexibility index (Phi) is 9.05. The van der Waals surface area contributed by atoms with Crippen LogP contribution < -0.4 is 10.1 Å². The first kappa shape index (κ1) is 24.6. The zero-order valence-electron chi connectivity index (χ0n) is 17.5. The third-order valence-electron chi connectivity index (χ3n) is 5.38. The maximum absolute atomic E-state index is 12.8. The summed E-state index contributed by atoms with van der Waals surface area (Å²) in [5.41, 5.74) is 1.44. The van der Waals surface area contributed by atoms with Crippen LogP contribution in [0.3, 0.4) is 0 Å². The number of aliphatic carboxylic acids is 1. The van der Waals surface area contributed by atoms with E-state index in [1.54, 1.807) is 30.3 Å². The Bertz CT molecular complexity index is 964. The van der Waals surface area contributed by atoms with Gasteiger partial charge in [-0.2, -0.15) is 0 Å². The van der Waals surface area contributed by atoms with E-state index in [-0.39, 0.29) is 18.5 Å². The minimum atomic E-state index is -1.07. The molecule has 9 heteroatoms. The highest BCUT2D eigenvalue weighted by molar-refractivity contribution is 6.36. The van der Waals surface area contributed by atoms with E-state index >= 15 is 0 Å². The molecule has 2 N–H and O–H groups in total. The number of carboxylic acids is 1. The summed E-state index contributed by atoms with van der Waals surface area (Å²) in [6, 6.07) is 10.5. The van der Waals surface area contributed by atoms with Crippen LogP contribution in [0.5, 0.6) is 5.75 Å². The van der Waals surface area contributed by atoms with Crippen LogP contribution in [0, 0.1) is 0 Å². The number of hydrogen-bond acceptors (Lipinski definition) is 4. The van der Waals surface area contributed by atoms with Crippen molar-refractivity contribution in [2.24, 2.45) is 0 Å². The van der Waals surface area contributed by atoms with Crippen LogP contribution in [-0.2, 0) is 16.1 Å². The van der Waals surface area contributed by atoms with Gasteiger partial charge in [0, 0.05) is 17.6 Å². The number of benzene rings is 2. The number of nitrogens with zero attached hydrogens (tertiary/aromatic N) is 1. The number of nitrogens with one attached hydrogen (secondary N) is 1. The zero-order chi connectivity index (χ0) is 23.1. The summed E-state index contributed by atoms with van der Waals surface area (Å²) in [7, 11) is 0. The first-order valence-corrected chi connectivity index (χ1v) is 11.6. The lowest BCUT2D eigenvalue weighted by Gasteiger charge is -2.34. The second-order valence-corrected chi connectivity index (χ2v) is 9.07. The second kappa shape index (κ2) is 11.8. The van der Waals surface area contributed by atoms with E-state index in [2.05, 4.69) is 10.2 Å². The normalized spacial score (nSPS) is 14.4. The van der Waals surface area contributed by atoms with Gasteiger partial charge in [-0.3, -0.25) is 9.69 Å². The van der Waals surface area contributed by atoms with Gasteiger partial charge in [0.2, 0.25) is 5.91 Å². The molecule has 1 amide bonds. The van der Waals surface area contributed by atoms with Crippen molar-refractivity contribution in [3.8, 4) is 5.75 Å². The Labute approximate surface area is 202 Å². The molecule has 0 spiro atoms. The lowest BCUT2D eigenvalue weighted by atomic mass is 9.93. The molecular formula is C23H25Cl3N2O4. The van der Waals surface area contributed by atoms with Crippen molar-refractivity contribution in [3.63, 3.8) is 0 Å². The van der Waals surface area contributed by atoms with E-state index in [1.807, 2.05) is 6.07 Å². The van der Waals surface area contributed by atoms with Crippen LogP contribution in [0.15, 0.2) is 36.4 Å². The Hall–Kier alpha value is -1.99. The Morgan fingerprint density at radius 1 is 1.03 bits per heavy atom. The van der Waals surface area contributed by atoms with Crippen molar-refractivity contribution in [2.45, 2.75) is 44.7 Å². The van der Waals surface area contributed by atoms with Crippen molar-refractivity contribution in [2.75, 3.05) is 18.5 Å². The van der Waals surface area contributed by atoms with Gasteiger partial charge in [0.15, 0.2) is 6.61 Å². The lowest BCUT2D eigenvalue weighted by molar-refractivity contribution is -0.139. The number of amides is 1. The fourth-order valence-corrected chi connectivity index (χ4v) is 4.57. The van der Waals surface area contributed by atoms with Crippen LogP contribution >= 0.6 is 34.8 Å². The molecule has 1 aliphatic carbocycles. The summed E-state index contributed by atoms with van der Waals surface area (Å²) in [6.45, 7) is 0.282. The molecule has 0 atom stereocenters. The zero-order valence-corrected chi connectivity index (χ0v) is 19.7. The van der Waals surface area contributed by atoms with Crippen molar-refractivity contribution in [1.82, 2.24) is 4.90 Å². The smallest absolute Gasteiger partial charge is 0.341 e. The molecule has 1 aliphatic rings. The van der Waals surface area contributed by atoms with Crippen LogP contribution in [0.25, 0.3) is 0 Å². The number of halogens is 3. The topological polar surface area (TPSA) is 78.9 Å². The molecule has 0 heterocycles. The van der Waals surface area contributed by atoms with E-state index in [1.165, 1.54) is 6.42 Å². The summed E-state index contributed by atoms with van der Waals surface area (Å²) >= 11 is 18.4. The molecule has 0 aromatic heterocycles. The van der Waals surface area contributed by atoms with Crippen LogP contribution in [0.1, 0.15) is 37.7 Å². The van der Waals surface area contributed by atoms with Crippen LogP contribution in [-0.4, -0.2) is 41.1 Å². The average molecular weight is 500 g/mol. The molecule has 1 fully saturated rings. The number of carbonyl (C=O) groups excluding carboxylic acids is 1. The number of rotatable bonds is 9. The number of anilines is 1. The number of hydrogen-bond donors (Lipinski definition) is 2. The van der Waals surface area contributed by atoms with Crippen LogP contribution in [0.2, 0.25) is 15.1 Å². The predicted molar refractivity (Wildman–Crippen MR) is 127 cm³/mol. The van der Waals surface area contributed by atoms with E-state index in [0.717, 1.165) is 31.2 Å². The molecule has 0 aliphatic heterocycles. The van der Waals surface area contributed by atoms with E-state index in [0.29, 0.717) is 33.0 Å². The fraction of sp³-hybridized carbons (Fsp3) is 0.391. The Morgan fingerprint density at radius 3 is 2.44 bits per heavy atom. The van der Waals surface area contributed by atoms with E-state index < -0.39 is 12.6 Å². The summed E-state index contributed by atoms with van der Waals surface area (Å²) in [4.78, 5) is 25.7. The summed E-state index contributed by atoms with van der Waals surface area (Å²) in [6.07, 6.45) is 5.53. The van der Waals surface area contributed by atoms with E-state index in [4.69, 9.17) is 44.6 Å². The molecule has 2 aromatic carbocycles. The van der Waals surface area contributed by atoms with Gasteiger partial charge in [-0.05, 0) is 48.7 Å². The molecule has 0 unspecified atom stereocenters. The second-order valence-electron chi connectivity index (χ2n) is 7.82. The number of ether oxygens (including phenoxy) is 1. The summed E-state index contributed by atoms with van der Waals surface area (Å²) in [5, 5.41) is 12.9. The first-order chi connectivity index (χ1) is 15.3. The minimum absolute atomic E-state index is 0.160. The molecule has 32 heavy (non-hydrogen) atoms. The van der Waals surface area contributed by atoms with Crippen molar-refractivity contribution < 1.29 is 19.4 Å². The largest absolute Gasteiger partial charge is 0.480 e. The van der Waals surface area contributed by atoms with Crippen molar-refractivity contribution in [1.29, 1.82) is 0 Å². The summed E-state index contributed by atoms with van der Waals surface area (Å²) in [5.74, 6) is -0.912. The van der Waals surface area contributed by atoms with E-state index in [9.17, 15) is 9.59 Å². The number of carboxylic acid groups (broad SMARTS) is 1. The van der Waals surface area contributed by atoms with Gasteiger partial charge in [0.25, 0.3) is 0 Å². The predicted octanol–water partition coefficient (Wildman–Crippen LogP) is 5.88. The molecule has 2 aromatic rings. The molecule has 6 nitrogen and oxygen atoms in total. The van der Waals surface area contributed by atoms with Gasteiger partial charge in [0.1, 0.15) is 5.75 Å². The highest BCUT2D eigenvalue weighted by atomic mass is 35.5. The first-order valence-electron chi connectivity index (χ1n) is 10.4. The van der Waals surface area contributed by atoms with Gasteiger partial charge in [0.05, 0.1) is 22.3 Å². The minimum Gasteiger partial charge on any atom is -0.480 e. The van der Waals surface area contributed by atoms with Gasteiger partial charge < -0.3 is 15.2 Å². The van der Waals surface area contributed by atoms with Crippen molar-refractivity contribution in [3.05, 3.63) is 57.0 Å². The monoisotopic (exact) mass is 498 g/mol.